The van der Waals surface area contributed by atoms with Crippen molar-refractivity contribution in [2.24, 2.45) is 0 Å². The largest absolute Gasteiger partial charge is 0.239 e. The van der Waals surface area contributed by atoms with E-state index in [9.17, 15) is 0 Å². The Balaban J connectivity index is 0.000000187. The van der Waals surface area contributed by atoms with E-state index in [2.05, 4.69) is 16.5 Å². The average molecular weight is 224 g/mol. The van der Waals surface area contributed by atoms with Crippen LogP contribution in [0, 0.1) is 6.92 Å². The van der Waals surface area contributed by atoms with E-state index in [1.807, 2.05) is 31.2 Å². The minimum atomic E-state index is 0.896. The fourth-order valence-electron chi connectivity index (χ4n) is 1.23. The summed E-state index contributed by atoms with van der Waals surface area (Å²) < 4.78 is 3.88. The van der Waals surface area contributed by atoms with Gasteiger partial charge in [0.05, 0.1) is 12.0 Å². The molecule has 0 aliphatic heterocycles. The van der Waals surface area contributed by atoms with Crippen molar-refractivity contribution in [1.29, 1.82) is 0 Å². The van der Waals surface area contributed by atoms with Gasteiger partial charge >= 0.3 is 0 Å². The second-order valence-electron chi connectivity index (χ2n) is 3.37. The van der Waals surface area contributed by atoms with Crippen LogP contribution in [0.3, 0.4) is 0 Å². The smallest absolute Gasteiger partial charge is 0.0679 e. The Hall–Kier alpha value is -0.770. The summed E-state index contributed by atoms with van der Waals surface area (Å²) in [6.45, 7) is 2.01. The molecule has 3 heteroatoms. The zero-order valence-electron chi connectivity index (χ0n) is 8.85. The summed E-state index contributed by atoms with van der Waals surface area (Å²) in [4.78, 5) is 0.896. The lowest BCUT2D eigenvalue weighted by Gasteiger charge is -1.95. The predicted octanol–water partition coefficient (Wildman–Crippen LogP) is 4.22. The van der Waals surface area contributed by atoms with Gasteiger partial charge in [-0.2, -0.15) is 4.33 Å². The van der Waals surface area contributed by atoms with E-state index in [1.165, 1.54) is 24.8 Å². The maximum atomic E-state index is 8.05. The van der Waals surface area contributed by atoms with Crippen LogP contribution in [0.1, 0.15) is 24.8 Å². The molecule has 2 nitrogen and oxygen atoms in total. The van der Waals surface area contributed by atoms with Gasteiger partial charge in [0.25, 0.3) is 0 Å². The van der Waals surface area contributed by atoms with Gasteiger partial charge in [0.15, 0.2) is 0 Å². The van der Waals surface area contributed by atoms with Crippen LogP contribution >= 0.6 is 12.0 Å². The Bertz CT molecular complexity index is 287. The van der Waals surface area contributed by atoms with Gasteiger partial charge in [-0.05, 0) is 38.3 Å². The maximum absolute atomic E-state index is 8.05. The third kappa shape index (κ3) is 5.62. The Labute approximate surface area is 95.1 Å². The monoisotopic (exact) mass is 224 g/mol. The molecule has 1 aliphatic rings. The summed E-state index contributed by atoms with van der Waals surface area (Å²) in [7, 11) is 0. The van der Waals surface area contributed by atoms with Crippen molar-refractivity contribution in [3.8, 4) is 0 Å². The van der Waals surface area contributed by atoms with Crippen LogP contribution in [-0.2, 0) is 4.33 Å². The lowest BCUT2D eigenvalue weighted by atomic mass is 10.2. The fourth-order valence-corrected chi connectivity index (χ4v) is 1.56. The summed E-state index contributed by atoms with van der Waals surface area (Å²) in [6, 6.07) is 7.69. The molecule has 1 aliphatic carbocycles. The van der Waals surface area contributed by atoms with Gasteiger partial charge in [-0.3, -0.25) is 0 Å². The van der Waals surface area contributed by atoms with Crippen LogP contribution in [0.25, 0.3) is 0 Å². The van der Waals surface area contributed by atoms with Gasteiger partial charge in [-0.15, -0.1) is 0 Å². The van der Waals surface area contributed by atoms with Crippen LogP contribution < -0.4 is 0 Å². The van der Waals surface area contributed by atoms with Crippen molar-refractivity contribution in [2.75, 3.05) is 0 Å². The quantitative estimate of drug-likeness (QED) is 0.353. The predicted molar refractivity (Wildman–Crippen MR) is 63.7 cm³/mol. The summed E-state index contributed by atoms with van der Waals surface area (Å²) in [5.74, 6) is 0. The normalized spacial score (nSPS) is 13.5. The molecule has 0 aromatic heterocycles. The molecule has 1 N–H and O–H groups in total. The SMILES string of the molecule is C1=CCCC1.Cc1ccc(SOO)cc1. The summed E-state index contributed by atoms with van der Waals surface area (Å²) in [6.07, 6.45) is 8.50. The average Bonchev–Trinajstić information content (AvgIpc) is 2.80. The summed E-state index contributed by atoms with van der Waals surface area (Å²) in [5.41, 5.74) is 1.20. The molecule has 0 saturated heterocycles. The molecule has 0 saturated carbocycles. The molecule has 2 rings (SSSR count). The molecular formula is C12H16O2S. The molecule has 0 spiro atoms. The first-order chi connectivity index (χ1) is 7.33. The molecule has 0 bridgehead atoms. The molecular weight excluding hydrogens is 208 g/mol. The molecule has 82 valence electrons. The number of hydrogen-bond acceptors (Lipinski definition) is 3. The van der Waals surface area contributed by atoms with E-state index < -0.39 is 0 Å². The van der Waals surface area contributed by atoms with Crippen LogP contribution in [0.15, 0.2) is 41.3 Å². The van der Waals surface area contributed by atoms with E-state index in [-0.39, 0.29) is 0 Å². The molecule has 0 fully saturated rings. The Morgan fingerprint density at radius 3 is 2.13 bits per heavy atom. The number of benzene rings is 1. The highest BCUT2D eigenvalue weighted by Crippen LogP contribution is 2.17. The highest BCUT2D eigenvalue weighted by atomic mass is 32.2. The van der Waals surface area contributed by atoms with Crippen molar-refractivity contribution >= 4 is 12.0 Å². The summed E-state index contributed by atoms with van der Waals surface area (Å²) >= 11 is 0.940. The van der Waals surface area contributed by atoms with E-state index in [1.54, 1.807) is 0 Å². The molecule has 1 aromatic carbocycles. The molecule has 0 amide bonds. The van der Waals surface area contributed by atoms with E-state index in [4.69, 9.17) is 5.26 Å². The van der Waals surface area contributed by atoms with Gasteiger partial charge < -0.3 is 0 Å². The number of hydrogen-bond donors (Lipinski definition) is 1. The first-order valence-corrected chi connectivity index (χ1v) is 5.77. The van der Waals surface area contributed by atoms with Crippen molar-refractivity contribution in [2.45, 2.75) is 31.1 Å². The zero-order chi connectivity index (χ0) is 10.9. The second-order valence-corrected chi connectivity index (χ2v) is 4.16. The van der Waals surface area contributed by atoms with Gasteiger partial charge in [-0.1, -0.05) is 29.8 Å². The first kappa shape index (κ1) is 12.3. The van der Waals surface area contributed by atoms with Gasteiger partial charge in [0.2, 0.25) is 0 Å². The second kappa shape index (κ2) is 7.51. The van der Waals surface area contributed by atoms with Crippen molar-refractivity contribution in [3.05, 3.63) is 42.0 Å². The Morgan fingerprint density at radius 1 is 1.13 bits per heavy atom. The molecule has 0 heterocycles. The van der Waals surface area contributed by atoms with Crippen molar-refractivity contribution in [1.82, 2.24) is 0 Å². The maximum Gasteiger partial charge on any atom is 0.0679 e. The lowest BCUT2D eigenvalue weighted by Crippen LogP contribution is -1.73. The van der Waals surface area contributed by atoms with Crippen LogP contribution in [0.5, 0.6) is 0 Å². The third-order valence-corrected chi connectivity index (χ3v) is 2.60. The number of aryl methyl sites for hydroxylation is 1. The molecule has 0 unspecified atom stereocenters. The minimum absolute atomic E-state index is 0.896. The standard InChI is InChI=1S/C7H8O2S.C5H8/c1-6-2-4-7(5-3-6)10-9-8;1-2-4-5-3-1/h2-5,8H,1H3;1-2H,3-5H2. The first-order valence-electron chi connectivity index (χ1n) is 5.02. The van der Waals surface area contributed by atoms with Crippen LogP contribution in [-0.4, -0.2) is 5.26 Å². The number of rotatable bonds is 2. The van der Waals surface area contributed by atoms with E-state index >= 15 is 0 Å². The molecule has 1 aromatic rings. The van der Waals surface area contributed by atoms with Gasteiger partial charge in [-0.25, -0.2) is 5.26 Å². The van der Waals surface area contributed by atoms with Crippen molar-refractivity contribution < 1.29 is 9.59 Å². The fraction of sp³-hybridized carbons (Fsp3) is 0.333. The Morgan fingerprint density at radius 2 is 1.73 bits per heavy atom. The van der Waals surface area contributed by atoms with Gasteiger partial charge in [0.1, 0.15) is 0 Å². The number of allylic oxidation sites excluding steroid dienone is 2. The minimum Gasteiger partial charge on any atom is -0.239 e. The molecule has 15 heavy (non-hydrogen) atoms. The Kier molecular flexibility index (Phi) is 6.16. The van der Waals surface area contributed by atoms with Crippen molar-refractivity contribution in [3.63, 3.8) is 0 Å². The molecule has 0 atom stereocenters. The topological polar surface area (TPSA) is 29.5 Å². The summed E-state index contributed by atoms with van der Waals surface area (Å²) in [5, 5.41) is 8.05. The van der Waals surface area contributed by atoms with Gasteiger partial charge in [0, 0.05) is 4.90 Å². The lowest BCUT2D eigenvalue weighted by molar-refractivity contribution is -0.116. The highest BCUT2D eigenvalue weighted by Gasteiger charge is 1.91. The molecule has 0 radical (unpaired) electrons. The van der Waals surface area contributed by atoms with E-state index in [0.717, 1.165) is 16.9 Å². The zero-order valence-corrected chi connectivity index (χ0v) is 9.67. The van der Waals surface area contributed by atoms with Crippen LogP contribution in [0.2, 0.25) is 0 Å². The van der Waals surface area contributed by atoms with E-state index in [0.29, 0.717) is 0 Å². The third-order valence-electron chi connectivity index (χ3n) is 2.06. The highest BCUT2D eigenvalue weighted by molar-refractivity contribution is 7.94. The van der Waals surface area contributed by atoms with Crippen LogP contribution in [0.4, 0.5) is 0 Å².